The molecule has 0 bridgehead atoms. The van der Waals surface area contributed by atoms with Crippen molar-refractivity contribution in [2.45, 2.75) is 13.0 Å². The molecule has 18 heavy (non-hydrogen) atoms. The van der Waals surface area contributed by atoms with Gasteiger partial charge in [-0.25, -0.2) is 4.39 Å². The summed E-state index contributed by atoms with van der Waals surface area (Å²) in [6.07, 6.45) is 0. The van der Waals surface area contributed by atoms with Gasteiger partial charge in [0.25, 0.3) is 0 Å². The van der Waals surface area contributed by atoms with E-state index in [4.69, 9.17) is 4.74 Å². The lowest BCUT2D eigenvalue weighted by molar-refractivity contribution is 0.386. The Morgan fingerprint density at radius 1 is 1.39 bits per heavy atom. The Balaban J connectivity index is 2.12. The number of hydrogen-bond donors (Lipinski definition) is 1. The third kappa shape index (κ3) is 3.03. The van der Waals surface area contributed by atoms with Crippen molar-refractivity contribution in [3.8, 4) is 5.75 Å². The number of nitrogens with one attached hydrogen (secondary N) is 1. The van der Waals surface area contributed by atoms with Crippen LogP contribution in [0.2, 0.25) is 0 Å². The molecule has 96 valence electrons. The highest BCUT2D eigenvalue weighted by Crippen LogP contribution is 2.29. The van der Waals surface area contributed by atoms with Crippen LogP contribution in [0.5, 0.6) is 5.75 Å². The Bertz CT molecular complexity index is 544. The summed E-state index contributed by atoms with van der Waals surface area (Å²) in [5.41, 5.74) is 0.741. The summed E-state index contributed by atoms with van der Waals surface area (Å²) >= 11 is 5.08. The van der Waals surface area contributed by atoms with Crippen LogP contribution in [0.3, 0.4) is 0 Å². The first-order valence-corrected chi connectivity index (χ1v) is 7.11. The van der Waals surface area contributed by atoms with E-state index >= 15 is 0 Å². The van der Waals surface area contributed by atoms with Gasteiger partial charge in [-0.2, -0.15) is 0 Å². The van der Waals surface area contributed by atoms with Gasteiger partial charge in [-0.05, 0) is 41.1 Å². The molecule has 0 amide bonds. The van der Waals surface area contributed by atoms with Gasteiger partial charge in [0.2, 0.25) is 0 Å². The molecule has 1 aromatic heterocycles. The van der Waals surface area contributed by atoms with Crippen LogP contribution in [0.1, 0.15) is 17.8 Å². The van der Waals surface area contributed by atoms with Gasteiger partial charge in [-0.15, -0.1) is 11.3 Å². The van der Waals surface area contributed by atoms with Crippen molar-refractivity contribution in [3.63, 3.8) is 0 Å². The topological polar surface area (TPSA) is 21.3 Å². The number of methoxy groups -OCH3 is 1. The molecule has 2 rings (SSSR count). The molecule has 1 atom stereocenters. The first-order valence-electron chi connectivity index (χ1n) is 5.44. The number of halogens is 2. The Morgan fingerprint density at radius 2 is 2.17 bits per heavy atom. The Hall–Kier alpha value is -1.07. The van der Waals surface area contributed by atoms with E-state index in [1.165, 1.54) is 18.1 Å². The number of rotatable bonds is 4. The third-order valence-corrected chi connectivity index (χ3v) is 4.43. The maximum absolute atomic E-state index is 13.5. The average Bonchev–Trinajstić information content (AvgIpc) is 2.76. The average molecular weight is 330 g/mol. The maximum atomic E-state index is 13.5. The molecule has 0 saturated carbocycles. The van der Waals surface area contributed by atoms with Crippen LogP contribution in [-0.4, -0.2) is 7.11 Å². The minimum atomic E-state index is -0.359. The molecule has 2 nitrogen and oxygen atoms in total. The van der Waals surface area contributed by atoms with Gasteiger partial charge in [0, 0.05) is 26.5 Å². The zero-order valence-corrected chi connectivity index (χ0v) is 12.4. The van der Waals surface area contributed by atoms with Crippen LogP contribution in [0.4, 0.5) is 10.1 Å². The van der Waals surface area contributed by atoms with Crippen molar-refractivity contribution in [1.82, 2.24) is 0 Å². The van der Waals surface area contributed by atoms with Gasteiger partial charge in [0.15, 0.2) is 11.6 Å². The lowest BCUT2D eigenvalue weighted by Crippen LogP contribution is -2.05. The molecular weight excluding hydrogens is 317 g/mol. The second kappa shape index (κ2) is 5.71. The largest absolute Gasteiger partial charge is 0.494 e. The summed E-state index contributed by atoms with van der Waals surface area (Å²) in [5, 5.41) is 5.29. The summed E-state index contributed by atoms with van der Waals surface area (Å²) in [6.45, 7) is 2.04. The number of hydrogen-bond acceptors (Lipinski definition) is 3. The fraction of sp³-hybridized carbons (Fsp3) is 0.231. The number of benzene rings is 1. The predicted molar refractivity (Wildman–Crippen MR) is 77.0 cm³/mol. The quantitative estimate of drug-likeness (QED) is 0.867. The van der Waals surface area contributed by atoms with E-state index in [1.807, 2.05) is 12.3 Å². The van der Waals surface area contributed by atoms with Crippen molar-refractivity contribution in [1.29, 1.82) is 0 Å². The van der Waals surface area contributed by atoms with Gasteiger partial charge in [0.1, 0.15) is 0 Å². The minimum Gasteiger partial charge on any atom is -0.494 e. The standard InChI is InChI=1S/C13H13BrFNOS/c1-8(13-5-9(14)7-18-13)16-10-3-4-12(17-2)11(15)6-10/h3-8,16H,1-2H3. The zero-order valence-electron chi connectivity index (χ0n) is 10.0. The van der Waals surface area contributed by atoms with E-state index in [-0.39, 0.29) is 17.6 Å². The fourth-order valence-corrected chi connectivity index (χ4v) is 3.09. The van der Waals surface area contributed by atoms with Crippen LogP contribution in [-0.2, 0) is 0 Å². The van der Waals surface area contributed by atoms with Gasteiger partial charge < -0.3 is 10.1 Å². The highest BCUT2D eigenvalue weighted by molar-refractivity contribution is 9.10. The molecule has 5 heteroatoms. The van der Waals surface area contributed by atoms with Crippen LogP contribution >= 0.6 is 27.3 Å². The maximum Gasteiger partial charge on any atom is 0.167 e. The second-order valence-electron chi connectivity index (χ2n) is 3.88. The molecule has 0 radical (unpaired) electrons. The zero-order chi connectivity index (χ0) is 13.1. The van der Waals surface area contributed by atoms with Gasteiger partial charge >= 0.3 is 0 Å². The Morgan fingerprint density at radius 3 is 2.72 bits per heavy atom. The molecule has 0 aliphatic heterocycles. The van der Waals surface area contributed by atoms with Crippen molar-refractivity contribution in [2.75, 3.05) is 12.4 Å². The predicted octanol–water partition coefficient (Wildman–Crippen LogP) is 4.83. The molecule has 2 aromatic rings. The van der Waals surface area contributed by atoms with Crippen molar-refractivity contribution in [3.05, 3.63) is 44.8 Å². The molecular formula is C13H13BrFNOS. The first kappa shape index (κ1) is 13.4. The van der Waals surface area contributed by atoms with Gasteiger partial charge in [-0.3, -0.25) is 0 Å². The van der Waals surface area contributed by atoms with Gasteiger partial charge in [0.05, 0.1) is 13.2 Å². The Kier molecular flexibility index (Phi) is 4.24. The van der Waals surface area contributed by atoms with Crippen LogP contribution in [0.25, 0.3) is 0 Å². The van der Waals surface area contributed by atoms with E-state index in [1.54, 1.807) is 23.5 Å². The summed E-state index contributed by atoms with van der Waals surface area (Å²) < 4.78 is 19.5. The normalized spacial score (nSPS) is 12.2. The molecule has 1 heterocycles. The second-order valence-corrected chi connectivity index (χ2v) is 5.74. The van der Waals surface area contributed by atoms with E-state index in [0.717, 1.165) is 10.2 Å². The molecule has 0 spiro atoms. The molecule has 1 N–H and O–H groups in total. The van der Waals surface area contributed by atoms with Crippen molar-refractivity contribution >= 4 is 33.0 Å². The summed E-state index contributed by atoms with van der Waals surface area (Å²) in [7, 11) is 1.46. The third-order valence-electron chi connectivity index (χ3n) is 2.55. The minimum absolute atomic E-state index is 0.133. The smallest absolute Gasteiger partial charge is 0.167 e. The van der Waals surface area contributed by atoms with Crippen LogP contribution in [0, 0.1) is 5.82 Å². The number of thiophene rings is 1. The molecule has 0 saturated heterocycles. The van der Waals surface area contributed by atoms with E-state index in [0.29, 0.717) is 0 Å². The van der Waals surface area contributed by atoms with Crippen molar-refractivity contribution in [2.24, 2.45) is 0 Å². The number of ether oxygens (including phenoxy) is 1. The summed E-state index contributed by atoms with van der Waals surface area (Å²) in [5.74, 6) is -0.103. The molecule has 0 aliphatic carbocycles. The highest BCUT2D eigenvalue weighted by atomic mass is 79.9. The van der Waals surface area contributed by atoms with E-state index < -0.39 is 0 Å². The lowest BCUT2D eigenvalue weighted by Gasteiger charge is -2.14. The van der Waals surface area contributed by atoms with Gasteiger partial charge in [-0.1, -0.05) is 0 Å². The summed E-state index contributed by atoms with van der Waals surface area (Å²) in [6, 6.07) is 7.06. The molecule has 1 unspecified atom stereocenters. The summed E-state index contributed by atoms with van der Waals surface area (Å²) in [4.78, 5) is 1.19. The monoisotopic (exact) mass is 329 g/mol. The highest BCUT2D eigenvalue weighted by Gasteiger charge is 2.09. The van der Waals surface area contributed by atoms with Crippen molar-refractivity contribution < 1.29 is 9.13 Å². The SMILES string of the molecule is COc1ccc(NC(C)c2cc(Br)cs2)cc1F. The number of anilines is 1. The molecule has 0 aliphatic rings. The van der Waals surface area contributed by atoms with Crippen LogP contribution < -0.4 is 10.1 Å². The molecule has 1 aromatic carbocycles. The first-order chi connectivity index (χ1) is 8.60. The van der Waals surface area contributed by atoms with E-state index in [2.05, 4.69) is 27.3 Å². The lowest BCUT2D eigenvalue weighted by atomic mass is 10.2. The van der Waals surface area contributed by atoms with Crippen LogP contribution in [0.15, 0.2) is 34.1 Å². The fourth-order valence-electron chi connectivity index (χ4n) is 1.63. The molecule has 0 fully saturated rings. The van der Waals surface area contributed by atoms with E-state index in [9.17, 15) is 4.39 Å². The Labute approximate surface area is 118 Å².